The second kappa shape index (κ2) is 5.67. The molecular formula is C16H20N2. The quantitative estimate of drug-likeness (QED) is 0.808. The number of benzene rings is 1. The molecule has 0 aliphatic rings. The second-order valence-electron chi connectivity index (χ2n) is 4.75. The molecule has 1 heterocycles. The lowest BCUT2D eigenvalue weighted by molar-refractivity contribution is 0.922. The fourth-order valence-electron chi connectivity index (χ4n) is 1.97. The van der Waals surface area contributed by atoms with Crippen LogP contribution in [0.4, 0.5) is 5.82 Å². The van der Waals surface area contributed by atoms with E-state index in [0.717, 1.165) is 12.2 Å². The van der Waals surface area contributed by atoms with E-state index >= 15 is 0 Å². The van der Waals surface area contributed by atoms with Gasteiger partial charge in [0.05, 0.1) is 0 Å². The second-order valence-corrected chi connectivity index (χ2v) is 4.75. The van der Waals surface area contributed by atoms with E-state index in [1.165, 1.54) is 23.1 Å². The molecule has 0 atom stereocenters. The summed E-state index contributed by atoms with van der Waals surface area (Å²) in [4.78, 5) is 6.45. The van der Waals surface area contributed by atoms with Gasteiger partial charge in [-0.05, 0) is 29.7 Å². The standard InChI is InChI=1S/C16H20N2/c1-4-5-13-6-8-14(9-7-13)15-10-11-16(17-12-15)18(2)3/h6-12H,4-5H2,1-3H3. The summed E-state index contributed by atoms with van der Waals surface area (Å²) < 4.78 is 0. The maximum Gasteiger partial charge on any atom is 0.127 e. The topological polar surface area (TPSA) is 16.1 Å². The molecule has 0 spiro atoms. The van der Waals surface area contributed by atoms with Gasteiger partial charge in [0.1, 0.15) is 5.82 Å². The Balaban J connectivity index is 2.20. The molecule has 2 aromatic rings. The van der Waals surface area contributed by atoms with Crippen LogP contribution < -0.4 is 4.90 Å². The first kappa shape index (κ1) is 12.6. The molecule has 0 aliphatic heterocycles. The van der Waals surface area contributed by atoms with Gasteiger partial charge >= 0.3 is 0 Å². The molecule has 0 N–H and O–H groups in total. The van der Waals surface area contributed by atoms with E-state index in [1.807, 2.05) is 25.2 Å². The number of anilines is 1. The first-order valence-electron chi connectivity index (χ1n) is 6.43. The van der Waals surface area contributed by atoms with Crippen LogP contribution >= 0.6 is 0 Å². The Hall–Kier alpha value is -1.83. The number of pyridine rings is 1. The summed E-state index contributed by atoms with van der Waals surface area (Å²) in [6.07, 6.45) is 4.28. The van der Waals surface area contributed by atoms with Gasteiger partial charge in [0.15, 0.2) is 0 Å². The van der Waals surface area contributed by atoms with Crippen molar-refractivity contribution in [1.29, 1.82) is 0 Å². The largest absolute Gasteiger partial charge is 0.363 e. The van der Waals surface area contributed by atoms with Crippen LogP contribution in [-0.4, -0.2) is 19.1 Å². The highest BCUT2D eigenvalue weighted by molar-refractivity contribution is 5.64. The van der Waals surface area contributed by atoms with Crippen molar-refractivity contribution >= 4 is 5.82 Å². The minimum Gasteiger partial charge on any atom is -0.363 e. The van der Waals surface area contributed by atoms with E-state index < -0.39 is 0 Å². The molecule has 1 aromatic carbocycles. The molecule has 18 heavy (non-hydrogen) atoms. The zero-order valence-corrected chi connectivity index (χ0v) is 11.4. The van der Waals surface area contributed by atoms with Crippen LogP contribution in [0.25, 0.3) is 11.1 Å². The third kappa shape index (κ3) is 2.89. The lowest BCUT2D eigenvalue weighted by Gasteiger charge is -2.11. The smallest absolute Gasteiger partial charge is 0.127 e. The zero-order chi connectivity index (χ0) is 13.0. The van der Waals surface area contributed by atoms with Crippen molar-refractivity contribution in [3.05, 3.63) is 48.2 Å². The molecule has 0 saturated heterocycles. The molecule has 2 nitrogen and oxygen atoms in total. The lowest BCUT2D eigenvalue weighted by atomic mass is 10.0. The molecule has 0 amide bonds. The van der Waals surface area contributed by atoms with Crippen molar-refractivity contribution in [2.24, 2.45) is 0 Å². The van der Waals surface area contributed by atoms with Crippen molar-refractivity contribution in [3.8, 4) is 11.1 Å². The van der Waals surface area contributed by atoms with Gasteiger partial charge in [0.25, 0.3) is 0 Å². The number of hydrogen-bond donors (Lipinski definition) is 0. The molecule has 0 aliphatic carbocycles. The van der Waals surface area contributed by atoms with Crippen molar-refractivity contribution in [2.75, 3.05) is 19.0 Å². The number of rotatable bonds is 4. The summed E-state index contributed by atoms with van der Waals surface area (Å²) in [5, 5.41) is 0. The molecule has 0 unspecified atom stereocenters. The Morgan fingerprint density at radius 2 is 1.61 bits per heavy atom. The van der Waals surface area contributed by atoms with Gasteiger partial charge in [-0.3, -0.25) is 0 Å². The van der Waals surface area contributed by atoms with Gasteiger partial charge in [-0.1, -0.05) is 37.6 Å². The average molecular weight is 240 g/mol. The Bertz CT molecular complexity index is 484. The van der Waals surface area contributed by atoms with E-state index in [4.69, 9.17) is 0 Å². The minimum atomic E-state index is 0.987. The number of nitrogens with zero attached hydrogens (tertiary/aromatic N) is 2. The summed E-state index contributed by atoms with van der Waals surface area (Å²) >= 11 is 0. The third-order valence-electron chi connectivity index (χ3n) is 3.03. The summed E-state index contributed by atoms with van der Waals surface area (Å²) in [6.45, 7) is 2.21. The lowest BCUT2D eigenvalue weighted by Crippen LogP contribution is -2.09. The molecular weight excluding hydrogens is 220 g/mol. The van der Waals surface area contributed by atoms with Gasteiger partial charge in [0, 0.05) is 25.9 Å². The fraction of sp³-hybridized carbons (Fsp3) is 0.312. The molecule has 1 aromatic heterocycles. The Morgan fingerprint density at radius 3 is 2.11 bits per heavy atom. The van der Waals surface area contributed by atoms with Crippen LogP contribution in [0.15, 0.2) is 42.6 Å². The van der Waals surface area contributed by atoms with Crippen LogP contribution in [-0.2, 0) is 6.42 Å². The van der Waals surface area contributed by atoms with Crippen molar-refractivity contribution in [1.82, 2.24) is 4.98 Å². The first-order valence-corrected chi connectivity index (χ1v) is 6.43. The Morgan fingerprint density at radius 1 is 0.944 bits per heavy atom. The van der Waals surface area contributed by atoms with E-state index in [1.54, 1.807) is 0 Å². The summed E-state index contributed by atoms with van der Waals surface area (Å²) in [5.41, 5.74) is 3.80. The minimum absolute atomic E-state index is 0.987. The predicted octanol–water partition coefficient (Wildman–Crippen LogP) is 3.77. The molecule has 0 radical (unpaired) electrons. The maximum absolute atomic E-state index is 4.44. The third-order valence-corrected chi connectivity index (χ3v) is 3.03. The van der Waals surface area contributed by atoms with Crippen LogP contribution in [0.2, 0.25) is 0 Å². The summed E-state index contributed by atoms with van der Waals surface area (Å²) in [7, 11) is 4.00. The molecule has 0 saturated carbocycles. The Kier molecular flexibility index (Phi) is 3.98. The normalized spacial score (nSPS) is 10.4. The highest BCUT2D eigenvalue weighted by Gasteiger charge is 2.00. The van der Waals surface area contributed by atoms with Crippen molar-refractivity contribution in [2.45, 2.75) is 19.8 Å². The van der Waals surface area contributed by atoms with E-state index in [-0.39, 0.29) is 0 Å². The van der Waals surface area contributed by atoms with Gasteiger partial charge in [0.2, 0.25) is 0 Å². The van der Waals surface area contributed by atoms with Crippen LogP contribution in [0, 0.1) is 0 Å². The van der Waals surface area contributed by atoms with Crippen LogP contribution in [0.5, 0.6) is 0 Å². The SMILES string of the molecule is CCCc1ccc(-c2ccc(N(C)C)nc2)cc1. The molecule has 2 heteroatoms. The van der Waals surface area contributed by atoms with E-state index in [9.17, 15) is 0 Å². The van der Waals surface area contributed by atoms with Gasteiger partial charge in [-0.15, -0.1) is 0 Å². The molecule has 94 valence electrons. The van der Waals surface area contributed by atoms with Gasteiger partial charge in [-0.2, -0.15) is 0 Å². The highest BCUT2D eigenvalue weighted by atomic mass is 15.1. The summed E-state index contributed by atoms with van der Waals surface area (Å²) in [5.74, 6) is 0.987. The monoisotopic (exact) mass is 240 g/mol. The molecule has 0 bridgehead atoms. The van der Waals surface area contributed by atoms with Crippen molar-refractivity contribution < 1.29 is 0 Å². The zero-order valence-electron chi connectivity index (χ0n) is 11.4. The average Bonchev–Trinajstić information content (AvgIpc) is 2.40. The highest BCUT2D eigenvalue weighted by Crippen LogP contribution is 2.21. The van der Waals surface area contributed by atoms with Crippen molar-refractivity contribution in [3.63, 3.8) is 0 Å². The number of aromatic nitrogens is 1. The van der Waals surface area contributed by atoms with Crippen LogP contribution in [0.1, 0.15) is 18.9 Å². The fourth-order valence-corrected chi connectivity index (χ4v) is 1.97. The summed E-state index contributed by atoms with van der Waals surface area (Å²) in [6, 6.07) is 12.9. The first-order chi connectivity index (χ1) is 8.70. The van der Waals surface area contributed by atoms with Crippen LogP contribution in [0.3, 0.4) is 0 Å². The number of aryl methyl sites for hydroxylation is 1. The predicted molar refractivity (Wildman–Crippen MR) is 78.0 cm³/mol. The Labute approximate surface area is 109 Å². The van der Waals surface area contributed by atoms with E-state index in [0.29, 0.717) is 0 Å². The number of hydrogen-bond acceptors (Lipinski definition) is 2. The molecule has 0 fully saturated rings. The van der Waals surface area contributed by atoms with E-state index in [2.05, 4.69) is 48.3 Å². The van der Waals surface area contributed by atoms with Gasteiger partial charge < -0.3 is 4.90 Å². The molecule has 2 rings (SSSR count). The van der Waals surface area contributed by atoms with Gasteiger partial charge in [-0.25, -0.2) is 4.98 Å². The maximum atomic E-state index is 4.44.